The van der Waals surface area contributed by atoms with E-state index in [4.69, 9.17) is 5.26 Å². The Balaban J connectivity index is 2.19. The van der Waals surface area contributed by atoms with Crippen molar-refractivity contribution in [3.05, 3.63) is 70.8 Å². The molecular formula is C22H24N2O3. The molecule has 0 saturated heterocycles. The van der Waals surface area contributed by atoms with Gasteiger partial charge in [-0.25, -0.2) is 0 Å². The lowest BCUT2D eigenvalue weighted by atomic mass is 9.86. The first-order chi connectivity index (χ1) is 12.7. The van der Waals surface area contributed by atoms with Crippen LogP contribution in [0.25, 0.3) is 0 Å². The highest BCUT2D eigenvalue weighted by atomic mass is 16.4. The molecule has 0 aromatic heterocycles. The molecule has 0 bridgehead atoms. The van der Waals surface area contributed by atoms with Gasteiger partial charge in [-0.2, -0.15) is 5.26 Å². The van der Waals surface area contributed by atoms with E-state index in [0.29, 0.717) is 5.56 Å². The third-order valence-corrected chi connectivity index (χ3v) is 4.36. The topological polar surface area (TPSA) is 90.2 Å². The van der Waals surface area contributed by atoms with Gasteiger partial charge in [0.2, 0.25) is 0 Å². The number of nitrogens with one attached hydrogen (secondary N) is 1. The zero-order valence-corrected chi connectivity index (χ0v) is 15.8. The zero-order chi connectivity index (χ0) is 20.0. The van der Waals surface area contributed by atoms with Gasteiger partial charge in [-0.1, -0.05) is 57.2 Å². The summed E-state index contributed by atoms with van der Waals surface area (Å²) in [4.78, 5) is 23.8. The van der Waals surface area contributed by atoms with Crippen molar-refractivity contribution in [3.8, 4) is 6.07 Å². The van der Waals surface area contributed by atoms with Crippen LogP contribution in [0, 0.1) is 11.3 Å². The highest BCUT2D eigenvalue weighted by Gasteiger charge is 2.20. The van der Waals surface area contributed by atoms with Crippen molar-refractivity contribution >= 4 is 11.9 Å². The maximum Gasteiger partial charge on any atom is 0.305 e. The van der Waals surface area contributed by atoms with E-state index in [1.54, 1.807) is 24.3 Å². The highest BCUT2D eigenvalue weighted by Crippen LogP contribution is 2.25. The van der Waals surface area contributed by atoms with Crippen molar-refractivity contribution in [3.63, 3.8) is 0 Å². The normalized spacial score (nSPS) is 12.1. The number of nitrogens with zero attached hydrogens (tertiary/aromatic N) is 1. The molecule has 1 atom stereocenters. The quantitative estimate of drug-likeness (QED) is 0.811. The molecule has 0 radical (unpaired) electrons. The van der Waals surface area contributed by atoms with E-state index in [9.17, 15) is 14.7 Å². The molecule has 0 aliphatic rings. The van der Waals surface area contributed by atoms with Crippen LogP contribution in [0.3, 0.4) is 0 Å². The number of carbonyl (C=O) groups is 2. The van der Waals surface area contributed by atoms with Gasteiger partial charge in [0.15, 0.2) is 0 Å². The number of rotatable bonds is 6. The fourth-order valence-corrected chi connectivity index (χ4v) is 2.75. The number of hydrogen-bond acceptors (Lipinski definition) is 3. The second kappa shape index (κ2) is 8.50. The molecule has 0 aliphatic heterocycles. The third-order valence-electron chi connectivity index (χ3n) is 4.36. The summed E-state index contributed by atoms with van der Waals surface area (Å²) in [5.74, 6) is -1.32. The van der Waals surface area contributed by atoms with Gasteiger partial charge in [-0.15, -0.1) is 0 Å². The maximum absolute atomic E-state index is 12.5. The van der Waals surface area contributed by atoms with Crippen LogP contribution < -0.4 is 5.32 Å². The number of carbonyl (C=O) groups excluding carboxylic acids is 1. The van der Waals surface area contributed by atoms with E-state index >= 15 is 0 Å². The van der Waals surface area contributed by atoms with E-state index in [2.05, 4.69) is 32.2 Å². The Hall–Kier alpha value is -3.13. The maximum atomic E-state index is 12.5. The van der Waals surface area contributed by atoms with Crippen molar-refractivity contribution < 1.29 is 14.7 Å². The minimum absolute atomic E-state index is 0.00472. The molecule has 2 rings (SSSR count). The lowest BCUT2D eigenvalue weighted by Crippen LogP contribution is -2.30. The smallest absolute Gasteiger partial charge is 0.305 e. The van der Waals surface area contributed by atoms with Crippen molar-refractivity contribution in [2.24, 2.45) is 0 Å². The summed E-state index contributed by atoms with van der Waals surface area (Å²) in [6, 6.07) is 15.8. The predicted octanol–water partition coefficient (Wildman–Crippen LogP) is 4.00. The van der Waals surface area contributed by atoms with Crippen molar-refractivity contribution in [2.45, 2.75) is 45.1 Å². The molecule has 0 saturated carbocycles. The highest BCUT2D eigenvalue weighted by molar-refractivity contribution is 5.94. The predicted molar refractivity (Wildman–Crippen MR) is 103 cm³/mol. The van der Waals surface area contributed by atoms with Crippen molar-refractivity contribution in [1.82, 2.24) is 5.32 Å². The van der Waals surface area contributed by atoms with E-state index in [1.165, 1.54) is 0 Å². The summed E-state index contributed by atoms with van der Waals surface area (Å²) in [5.41, 5.74) is 3.14. The van der Waals surface area contributed by atoms with E-state index < -0.39 is 12.0 Å². The van der Waals surface area contributed by atoms with Gasteiger partial charge in [0.25, 0.3) is 5.91 Å². The Morgan fingerprint density at radius 2 is 1.67 bits per heavy atom. The standard InChI is InChI=1S/C22H24N2O3/c1-22(2,3)18-10-8-16(9-11-18)19(14-20(25)26)24-21(27)17-6-4-15(5-7-17)12-13-23/h4-11,19H,12,14H2,1-3H3,(H,24,27)(H,25,26). The summed E-state index contributed by atoms with van der Waals surface area (Å²) in [7, 11) is 0. The first-order valence-electron chi connectivity index (χ1n) is 8.79. The average Bonchev–Trinajstić information content (AvgIpc) is 2.61. The molecule has 140 valence electrons. The molecule has 0 spiro atoms. The van der Waals surface area contributed by atoms with Crippen LogP contribution in [0.2, 0.25) is 0 Å². The minimum atomic E-state index is -0.982. The summed E-state index contributed by atoms with van der Waals surface area (Å²) in [6.45, 7) is 6.32. The molecule has 2 aromatic carbocycles. The molecule has 5 heteroatoms. The molecule has 2 N–H and O–H groups in total. The Kier molecular flexibility index (Phi) is 6.36. The molecule has 0 aliphatic carbocycles. The summed E-state index contributed by atoms with van der Waals surface area (Å²) in [6.07, 6.45) is 0.0801. The Bertz CT molecular complexity index is 841. The van der Waals surface area contributed by atoms with Gasteiger partial charge in [-0.05, 0) is 34.2 Å². The Morgan fingerprint density at radius 3 is 2.15 bits per heavy atom. The molecule has 27 heavy (non-hydrogen) atoms. The van der Waals surface area contributed by atoms with E-state index in [-0.39, 0.29) is 24.2 Å². The monoisotopic (exact) mass is 364 g/mol. The van der Waals surface area contributed by atoms with Gasteiger partial charge < -0.3 is 10.4 Å². The Morgan fingerprint density at radius 1 is 1.07 bits per heavy atom. The first-order valence-corrected chi connectivity index (χ1v) is 8.79. The number of hydrogen-bond donors (Lipinski definition) is 2. The van der Waals surface area contributed by atoms with Crippen LogP contribution >= 0.6 is 0 Å². The fourth-order valence-electron chi connectivity index (χ4n) is 2.75. The SMILES string of the molecule is CC(C)(C)c1ccc(C(CC(=O)O)NC(=O)c2ccc(CC#N)cc2)cc1. The molecule has 5 nitrogen and oxygen atoms in total. The van der Waals surface area contributed by atoms with Gasteiger partial charge in [0, 0.05) is 5.56 Å². The largest absolute Gasteiger partial charge is 0.481 e. The van der Waals surface area contributed by atoms with E-state index in [0.717, 1.165) is 16.7 Å². The zero-order valence-electron chi connectivity index (χ0n) is 15.8. The lowest BCUT2D eigenvalue weighted by Gasteiger charge is -2.22. The van der Waals surface area contributed by atoms with Crippen LogP contribution in [-0.2, 0) is 16.6 Å². The van der Waals surface area contributed by atoms with Crippen LogP contribution in [-0.4, -0.2) is 17.0 Å². The second-order valence-electron chi connectivity index (χ2n) is 7.53. The van der Waals surface area contributed by atoms with Gasteiger partial charge in [0.05, 0.1) is 25.0 Å². The third kappa shape index (κ3) is 5.68. The van der Waals surface area contributed by atoms with Crippen LogP contribution in [0.5, 0.6) is 0 Å². The summed E-state index contributed by atoms with van der Waals surface area (Å²) >= 11 is 0. The fraction of sp³-hybridized carbons (Fsp3) is 0.318. The Labute approximate surface area is 159 Å². The second-order valence-corrected chi connectivity index (χ2v) is 7.53. The molecular weight excluding hydrogens is 340 g/mol. The summed E-state index contributed by atoms with van der Waals surface area (Å²) in [5, 5.41) is 20.7. The molecule has 1 amide bonds. The van der Waals surface area contributed by atoms with Crippen molar-refractivity contribution in [1.29, 1.82) is 5.26 Å². The molecule has 1 unspecified atom stereocenters. The molecule has 0 heterocycles. The van der Waals surface area contributed by atoms with Crippen LogP contribution in [0.4, 0.5) is 0 Å². The lowest BCUT2D eigenvalue weighted by molar-refractivity contribution is -0.137. The number of aliphatic carboxylic acids is 1. The summed E-state index contributed by atoms with van der Waals surface area (Å²) < 4.78 is 0. The minimum Gasteiger partial charge on any atom is -0.481 e. The van der Waals surface area contributed by atoms with Crippen LogP contribution in [0.1, 0.15) is 60.3 Å². The van der Waals surface area contributed by atoms with Crippen molar-refractivity contribution in [2.75, 3.05) is 0 Å². The average molecular weight is 364 g/mol. The van der Waals surface area contributed by atoms with Gasteiger partial charge in [0.1, 0.15) is 0 Å². The molecule has 2 aromatic rings. The van der Waals surface area contributed by atoms with Gasteiger partial charge >= 0.3 is 5.97 Å². The number of nitriles is 1. The number of carboxylic acids is 1. The first kappa shape index (κ1) is 20.2. The number of amides is 1. The number of carboxylic acid groups (broad SMARTS) is 1. The van der Waals surface area contributed by atoms with E-state index in [1.807, 2.05) is 24.3 Å². The molecule has 0 fully saturated rings. The van der Waals surface area contributed by atoms with Gasteiger partial charge in [-0.3, -0.25) is 9.59 Å². The van der Waals surface area contributed by atoms with Crippen LogP contribution in [0.15, 0.2) is 48.5 Å². The number of benzene rings is 2.